The van der Waals surface area contributed by atoms with Gasteiger partial charge in [0.15, 0.2) is 5.78 Å². The largest absolute Gasteiger partial charge is 0.293 e. The molecule has 1 atom stereocenters. The number of ketones is 1. The van der Waals surface area contributed by atoms with E-state index >= 15 is 0 Å². The fourth-order valence-corrected chi connectivity index (χ4v) is 3.56. The first-order chi connectivity index (χ1) is 9.99. The molecule has 0 heterocycles. The third kappa shape index (κ3) is 4.40. The molecule has 0 saturated heterocycles. The van der Waals surface area contributed by atoms with Gasteiger partial charge in [0.2, 0.25) is 0 Å². The van der Waals surface area contributed by atoms with Crippen LogP contribution in [0.3, 0.4) is 0 Å². The lowest BCUT2D eigenvalue weighted by molar-refractivity contribution is 0.0994. The number of halogens is 3. The van der Waals surface area contributed by atoms with E-state index in [2.05, 4.69) is 0 Å². The van der Waals surface area contributed by atoms with Crippen LogP contribution in [0.4, 0.5) is 0 Å². The molecule has 1 nitrogen and oxygen atoms in total. The molecule has 0 radical (unpaired) electrons. The van der Waals surface area contributed by atoms with Gasteiger partial charge in [0.25, 0.3) is 0 Å². The van der Waals surface area contributed by atoms with Crippen molar-refractivity contribution >= 4 is 52.3 Å². The first kappa shape index (κ1) is 16.7. The molecule has 0 aliphatic heterocycles. The summed E-state index contributed by atoms with van der Waals surface area (Å²) in [6.07, 6.45) is 0. The van der Waals surface area contributed by atoms with Gasteiger partial charge in [0, 0.05) is 21.4 Å². The molecule has 21 heavy (non-hydrogen) atoms. The second-order valence-corrected chi connectivity index (χ2v) is 7.11. The van der Waals surface area contributed by atoms with Crippen LogP contribution >= 0.6 is 46.6 Å². The molecule has 2 aromatic carbocycles. The number of hydrogen-bond acceptors (Lipinski definition) is 2. The molecule has 0 aromatic heterocycles. The highest BCUT2D eigenvalue weighted by atomic mass is 35.5. The Balaban J connectivity index is 2.04. The predicted molar refractivity (Wildman–Crippen MR) is 93.0 cm³/mol. The highest BCUT2D eigenvalue weighted by Gasteiger charge is 2.18. The first-order valence-corrected chi connectivity index (χ1v) is 8.51. The van der Waals surface area contributed by atoms with E-state index in [1.165, 1.54) is 11.8 Å². The van der Waals surface area contributed by atoms with Gasteiger partial charge >= 0.3 is 0 Å². The predicted octanol–water partition coefficient (Wildman–Crippen LogP) is 6.15. The summed E-state index contributed by atoms with van der Waals surface area (Å²) in [6.45, 7) is 1.87. The number of hydrogen-bond donors (Lipinski definition) is 0. The van der Waals surface area contributed by atoms with E-state index < -0.39 is 0 Å². The Bertz CT molecular complexity index is 658. The molecule has 0 aliphatic rings. The van der Waals surface area contributed by atoms with Gasteiger partial charge in [0.1, 0.15) is 0 Å². The molecular weight excluding hydrogens is 347 g/mol. The molecular formula is C16H13Cl3OS. The number of carbonyl (C=O) groups excluding carboxylic acids is 1. The Morgan fingerprint density at radius 2 is 1.81 bits per heavy atom. The third-order valence-corrected chi connectivity index (χ3v) is 5.12. The van der Waals surface area contributed by atoms with Gasteiger partial charge in [0.05, 0.1) is 10.3 Å². The van der Waals surface area contributed by atoms with Crippen LogP contribution in [0, 0.1) is 0 Å². The topological polar surface area (TPSA) is 17.1 Å². The van der Waals surface area contributed by atoms with Gasteiger partial charge in [-0.3, -0.25) is 4.79 Å². The van der Waals surface area contributed by atoms with Gasteiger partial charge in [-0.1, -0.05) is 53.0 Å². The van der Waals surface area contributed by atoms with Crippen molar-refractivity contribution in [1.29, 1.82) is 0 Å². The van der Waals surface area contributed by atoms with E-state index in [9.17, 15) is 4.79 Å². The molecule has 0 amide bonds. The molecule has 2 aromatic rings. The molecule has 0 aliphatic carbocycles. The summed E-state index contributed by atoms with van der Waals surface area (Å²) in [4.78, 5) is 12.4. The molecule has 1 unspecified atom stereocenters. The van der Waals surface area contributed by atoms with E-state index in [1.807, 2.05) is 31.2 Å². The van der Waals surface area contributed by atoms with Crippen molar-refractivity contribution in [2.24, 2.45) is 0 Å². The van der Waals surface area contributed by atoms with Crippen LogP contribution in [-0.4, -0.2) is 11.0 Å². The van der Waals surface area contributed by atoms with E-state index in [-0.39, 0.29) is 11.0 Å². The van der Waals surface area contributed by atoms with Gasteiger partial charge in [-0.05, 0) is 36.8 Å². The highest BCUT2D eigenvalue weighted by Crippen LogP contribution is 2.28. The smallest absolute Gasteiger partial charge is 0.177 e. The second kappa shape index (κ2) is 7.55. The maximum atomic E-state index is 12.4. The van der Waals surface area contributed by atoms with Gasteiger partial charge in [-0.2, -0.15) is 0 Å². The fourth-order valence-electron chi connectivity index (χ4n) is 1.81. The molecule has 0 fully saturated rings. The maximum Gasteiger partial charge on any atom is 0.177 e. The zero-order valence-corrected chi connectivity index (χ0v) is 14.4. The number of carbonyl (C=O) groups is 1. The minimum Gasteiger partial charge on any atom is -0.293 e. The van der Waals surface area contributed by atoms with Crippen molar-refractivity contribution in [2.45, 2.75) is 17.9 Å². The Labute approximate surface area is 143 Å². The van der Waals surface area contributed by atoms with Crippen LogP contribution in [0.1, 0.15) is 22.8 Å². The molecule has 0 bridgehead atoms. The summed E-state index contributed by atoms with van der Waals surface area (Å²) in [7, 11) is 0. The molecule has 0 spiro atoms. The number of thioether (sulfide) groups is 1. The Morgan fingerprint density at radius 3 is 2.48 bits per heavy atom. The molecule has 110 valence electrons. The van der Waals surface area contributed by atoms with Crippen LogP contribution in [0.2, 0.25) is 15.1 Å². The van der Waals surface area contributed by atoms with E-state index in [4.69, 9.17) is 34.8 Å². The average Bonchev–Trinajstić information content (AvgIpc) is 2.45. The molecule has 0 N–H and O–H groups in total. The summed E-state index contributed by atoms with van der Waals surface area (Å²) in [5.41, 5.74) is 1.52. The second-order valence-electron chi connectivity index (χ2n) is 4.53. The van der Waals surface area contributed by atoms with Crippen LogP contribution in [0.25, 0.3) is 0 Å². The van der Waals surface area contributed by atoms with Crippen molar-refractivity contribution in [2.75, 3.05) is 0 Å². The number of rotatable bonds is 5. The monoisotopic (exact) mass is 358 g/mol. The van der Waals surface area contributed by atoms with E-state index in [0.29, 0.717) is 26.4 Å². The molecule has 5 heteroatoms. The maximum absolute atomic E-state index is 12.4. The lowest BCUT2D eigenvalue weighted by Gasteiger charge is -2.12. The van der Waals surface area contributed by atoms with Gasteiger partial charge < -0.3 is 0 Å². The van der Waals surface area contributed by atoms with Crippen LogP contribution in [0.5, 0.6) is 0 Å². The van der Waals surface area contributed by atoms with Crippen LogP contribution in [0.15, 0.2) is 42.5 Å². The van der Waals surface area contributed by atoms with Crippen molar-refractivity contribution in [1.82, 2.24) is 0 Å². The zero-order valence-electron chi connectivity index (χ0n) is 11.3. The van der Waals surface area contributed by atoms with Crippen LogP contribution < -0.4 is 0 Å². The summed E-state index contributed by atoms with van der Waals surface area (Å²) in [5, 5.41) is 1.42. The van der Waals surface area contributed by atoms with Crippen molar-refractivity contribution in [3.05, 3.63) is 68.7 Å². The van der Waals surface area contributed by atoms with Gasteiger partial charge in [-0.25, -0.2) is 0 Å². The minimum atomic E-state index is -0.208. The standard InChI is InChI=1S/C16H13Cl3OS/c1-10(21-9-11-4-2-3-5-14(11)18)16(20)13-7-6-12(17)8-15(13)19/h2-8,10H,9H2,1H3. The zero-order chi connectivity index (χ0) is 15.4. The normalized spacial score (nSPS) is 12.2. The average molecular weight is 360 g/mol. The highest BCUT2D eigenvalue weighted by molar-refractivity contribution is 7.99. The lowest BCUT2D eigenvalue weighted by Crippen LogP contribution is -2.14. The Kier molecular flexibility index (Phi) is 6.00. The summed E-state index contributed by atoms with van der Waals surface area (Å²) >= 11 is 19.6. The van der Waals surface area contributed by atoms with Crippen molar-refractivity contribution in [3.8, 4) is 0 Å². The Hall–Kier alpha value is -0.670. The lowest BCUT2D eigenvalue weighted by atomic mass is 10.1. The number of benzene rings is 2. The quantitative estimate of drug-likeness (QED) is 0.595. The minimum absolute atomic E-state index is 0.00581. The molecule has 2 rings (SSSR count). The third-order valence-electron chi connectivity index (χ3n) is 3.01. The Morgan fingerprint density at radius 1 is 1.10 bits per heavy atom. The summed E-state index contributed by atoms with van der Waals surface area (Å²) < 4.78 is 0. The van der Waals surface area contributed by atoms with Crippen LogP contribution in [-0.2, 0) is 5.75 Å². The van der Waals surface area contributed by atoms with E-state index in [0.717, 1.165) is 5.56 Å². The summed E-state index contributed by atoms with van der Waals surface area (Å²) in [5.74, 6) is 0.673. The van der Waals surface area contributed by atoms with Gasteiger partial charge in [-0.15, -0.1) is 11.8 Å². The van der Waals surface area contributed by atoms with E-state index in [1.54, 1.807) is 18.2 Å². The summed E-state index contributed by atoms with van der Waals surface area (Å²) in [6, 6.07) is 12.6. The number of Topliss-reactive ketones (excluding diaryl/α,β-unsaturated/α-hetero) is 1. The first-order valence-electron chi connectivity index (χ1n) is 6.33. The SMILES string of the molecule is CC(SCc1ccccc1Cl)C(=O)c1ccc(Cl)cc1Cl. The molecule has 0 saturated carbocycles. The van der Waals surface area contributed by atoms with Crippen molar-refractivity contribution < 1.29 is 4.79 Å². The van der Waals surface area contributed by atoms with Crippen molar-refractivity contribution in [3.63, 3.8) is 0 Å². The fraction of sp³-hybridized carbons (Fsp3) is 0.188.